The van der Waals surface area contributed by atoms with Gasteiger partial charge in [-0.2, -0.15) is 5.10 Å². The van der Waals surface area contributed by atoms with Crippen molar-refractivity contribution in [1.29, 1.82) is 0 Å². The van der Waals surface area contributed by atoms with Crippen molar-refractivity contribution in [2.75, 3.05) is 68.9 Å². The molecule has 0 spiro atoms. The molecular weight excluding hydrogens is 377 g/mol. The lowest BCUT2D eigenvalue weighted by molar-refractivity contribution is -0.133. The molecule has 2 aliphatic heterocycles. The fraction of sp³-hybridized carbons (Fsp3) is 0.450. The van der Waals surface area contributed by atoms with Gasteiger partial charge in [-0.05, 0) is 12.1 Å². The average molecular weight is 401 g/mol. The second-order valence-electron chi connectivity index (χ2n) is 6.96. The predicted octanol–water partition coefficient (Wildman–Crippen LogP) is 1.18. The number of piperazine rings is 1. The van der Waals surface area contributed by atoms with Crippen LogP contribution in [0.15, 0.2) is 36.5 Å². The van der Waals surface area contributed by atoms with E-state index in [0.717, 1.165) is 24.6 Å². The summed E-state index contributed by atoms with van der Waals surface area (Å²) < 4.78 is 24.3. The second-order valence-corrected chi connectivity index (χ2v) is 6.96. The third-order valence-electron chi connectivity index (χ3n) is 5.15. The number of benzene rings is 1. The van der Waals surface area contributed by atoms with Crippen molar-refractivity contribution < 1.29 is 18.7 Å². The van der Waals surface area contributed by atoms with Crippen LogP contribution in [-0.4, -0.2) is 80.1 Å². The molecule has 2 aromatic rings. The van der Waals surface area contributed by atoms with Gasteiger partial charge in [0.25, 0.3) is 5.91 Å². The molecule has 4 rings (SSSR count). The van der Waals surface area contributed by atoms with E-state index in [1.165, 1.54) is 12.1 Å². The Morgan fingerprint density at radius 2 is 1.83 bits per heavy atom. The minimum atomic E-state index is -0.469. The van der Waals surface area contributed by atoms with E-state index in [0.29, 0.717) is 39.4 Å². The normalized spacial score (nSPS) is 17.3. The molecule has 0 atom stereocenters. The lowest BCUT2D eigenvalue weighted by atomic mass is 10.3. The van der Waals surface area contributed by atoms with Gasteiger partial charge in [0.05, 0.1) is 25.1 Å². The zero-order valence-corrected chi connectivity index (χ0v) is 16.2. The molecule has 1 aromatic carbocycles. The summed E-state index contributed by atoms with van der Waals surface area (Å²) in [5.41, 5.74) is 1.04. The summed E-state index contributed by atoms with van der Waals surface area (Å²) in [6.07, 6.45) is 1.77. The van der Waals surface area contributed by atoms with Crippen LogP contribution in [0.1, 0.15) is 0 Å². The lowest BCUT2D eigenvalue weighted by Gasteiger charge is -2.35. The highest BCUT2D eigenvalue weighted by molar-refractivity contribution is 5.78. The van der Waals surface area contributed by atoms with Gasteiger partial charge < -0.3 is 24.2 Å². The van der Waals surface area contributed by atoms with E-state index >= 15 is 0 Å². The number of morpholine rings is 1. The summed E-state index contributed by atoms with van der Waals surface area (Å²) in [6, 6.07) is 8.12. The molecule has 1 aromatic heterocycles. The Morgan fingerprint density at radius 1 is 1.07 bits per heavy atom. The molecule has 3 heterocycles. The van der Waals surface area contributed by atoms with Crippen LogP contribution in [0.4, 0.5) is 15.9 Å². The highest BCUT2D eigenvalue weighted by atomic mass is 19.1. The SMILES string of the molecule is O=C(COc1ccccc1F)N1CCN(c2cc(N3CCOCC3)cnn2)CC1. The minimum absolute atomic E-state index is 0.0923. The first-order valence-electron chi connectivity index (χ1n) is 9.76. The van der Waals surface area contributed by atoms with Gasteiger partial charge in [0, 0.05) is 45.3 Å². The first-order chi connectivity index (χ1) is 14.2. The first-order valence-corrected chi connectivity index (χ1v) is 9.76. The van der Waals surface area contributed by atoms with Crippen molar-refractivity contribution in [2.24, 2.45) is 0 Å². The smallest absolute Gasteiger partial charge is 0.260 e. The molecule has 0 unspecified atom stereocenters. The fourth-order valence-electron chi connectivity index (χ4n) is 3.47. The summed E-state index contributed by atoms with van der Waals surface area (Å²) in [6.45, 7) is 5.38. The second kappa shape index (κ2) is 9.04. The first kappa shape index (κ1) is 19.4. The maximum absolute atomic E-state index is 13.6. The van der Waals surface area contributed by atoms with E-state index in [-0.39, 0.29) is 18.3 Å². The zero-order valence-electron chi connectivity index (χ0n) is 16.2. The standard InChI is InChI=1S/C20H24FN5O3/c21-17-3-1-2-4-18(17)29-15-20(27)26-7-5-25(6-8-26)19-13-16(14-22-23-19)24-9-11-28-12-10-24/h1-4,13-14H,5-12,15H2. The topological polar surface area (TPSA) is 71.0 Å². The quantitative estimate of drug-likeness (QED) is 0.745. The van der Waals surface area contributed by atoms with Crippen LogP contribution in [0.25, 0.3) is 0 Å². The number of nitrogens with zero attached hydrogens (tertiary/aromatic N) is 5. The van der Waals surface area contributed by atoms with Gasteiger partial charge >= 0.3 is 0 Å². The molecule has 2 aliphatic rings. The van der Waals surface area contributed by atoms with Gasteiger partial charge in [0.2, 0.25) is 0 Å². The number of para-hydroxylation sites is 1. The number of aromatic nitrogens is 2. The van der Waals surface area contributed by atoms with Crippen molar-refractivity contribution in [1.82, 2.24) is 15.1 Å². The molecule has 0 N–H and O–H groups in total. The maximum Gasteiger partial charge on any atom is 0.260 e. The number of hydrogen-bond acceptors (Lipinski definition) is 7. The Hall–Kier alpha value is -2.94. The molecule has 2 saturated heterocycles. The summed E-state index contributed by atoms with van der Waals surface area (Å²) in [4.78, 5) is 18.5. The summed E-state index contributed by atoms with van der Waals surface area (Å²) >= 11 is 0. The third kappa shape index (κ3) is 4.73. The molecule has 0 saturated carbocycles. The average Bonchev–Trinajstić information content (AvgIpc) is 2.79. The van der Waals surface area contributed by atoms with E-state index in [9.17, 15) is 9.18 Å². The monoisotopic (exact) mass is 401 g/mol. The lowest BCUT2D eigenvalue weighted by Crippen LogP contribution is -2.50. The van der Waals surface area contributed by atoms with E-state index < -0.39 is 5.82 Å². The Labute approximate surface area is 168 Å². The number of carbonyl (C=O) groups excluding carboxylic acids is 1. The molecule has 9 heteroatoms. The van der Waals surface area contributed by atoms with Crippen LogP contribution in [0, 0.1) is 5.82 Å². The van der Waals surface area contributed by atoms with Crippen molar-refractivity contribution in [3.63, 3.8) is 0 Å². The van der Waals surface area contributed by atoms with Gasteiger partial charge in [0.1, 0.15) is 0 Å². The summed E-state index contributed by atoms with van der Waals surface area (Å²) in [5.74, 6) is 0.281. The molecule has 29 heavy (non-hydrogen) atoms. The molecule has 1 amide bonds. The number of ether oxygens (including phenoxy) is 2. The van der Waals surface area contributed by atoms with Crippen LogP contribution in [0.3, 0.4) is 0 Å². The fourth-order valence-corrected chi connectivity index (χ4v) is 3.47. The van der Waals surface area contributed by atoms with Gasteiger partial charge in [-0.1, -0.05) is 12.1 Å². The zero-order chi connectivity index (χ0) is 20.1. The van der Waals surface area contributed by atoms with Crippen LogP contribution in [0.5, 0.6) is 5.75 Å². The van der Waals surface area contributed by atoms with Crippen molar-refractivity contribution in [3.05, 3.63) is 42.3 Å². The summed E-state index contributed by atoms with van der Waals surface area (Å²) in [5, 5.41) is 8.41. The van der Waals surface area contributed by atoms with Crippen molar-refractivity contribution in [2.45, 2.75) is 0 Å². The Morgan fingerprint density at radius 3 is 2.59 bits per heavy atom. The Kier molecular flexibility index (Phi) is 6.04. The van der Waals surface area contributed by atoms with Gasteiger partial charge in [-0.3, -0.25) is 4.79 Å². The number of amides is 1. The van der Waals surface area contributed by atoms with Crippen LogP contribution in [-0.2, 0) is 9.53 Å². The van der Waals surface area contributed by atoms with Crippen LogP contribution in [0.2, 0.25) is 0 Å². The summed E-state index contributed by atoms with van der Waals surface area (Å²) in [7, 11) is 0. The van der Waals surface area contributed by atoms with Gasteiger partial charge in [0.15, 0.2) is 24.0 Å². The largest absolute Gasteiger partial charge is 0.481 e. The molecular formula is C20H24FN5O3. The van der Waals surface area contributed by atoms with Crippen LogP contribution >= 0.6 is 0 Å². The number of carbonyl (C=O) groups is 1. The van der Waals surface area contributed by atoms with E-state index in [2.05, 4.69) is 20.0 Å². The molecule has 0 bridgehead atoms. The molecule has 2 fully saturated rings. The molecule has 0 radical (unpaired) electrons. The van der Waals surface area contributed by atoms with Gasteiger partial charge in [-0.25, -0.2) is 4.39 Å². The van der Waals surface area contributed by atoms with E-state index in [1.54, 1.807) is 23.2 Å². The number of halogens is 1. The van der Waals surface area contributed by atoms with Crippen molar-refractivity contribution in [3.8, 4) is 5.75 Å². The van der Waals surface area contributed by atoms with Crippen LogP contribution < -0.4 is 14.5 Å². The molecule has 8 nitrogen and oxygen atoms in total. The Balaban J connectivity index is 1.30. The van der Waals surface area contributed by atoms with Gasteiger partial charge in [-0.15, -0.1) is 5.10 Å². The highest BCUT2D eigenvalue weighted by Gasteiger charge is 2.23. The molecule has 0 aliphatic carbocycles. The maximum atomic E-state index is 13.6. The number of rotatable bonds is 5. The van der Waals surface area contributed by atoms with Crippen molar-refractivity contribution >= 4 is 17.4 Å². The van der Waals surface area contributed by atoms with E-state index in [1.807, 2.05) is 6.07 Å². The third-order valence-corrected chi connectivity index (χ3v) is 5.15. The molecule has 154 valence electrons. The predicted molar refractivity (Wildman–Crippen MR) is 106 cm³/mol. The number of anilines is 2. The highest BCUT2D eigenvalue weighted by Crippen LogP contribution is 2.21. The van der Waals surface area contributed by atoms with E-state index in [4.69, 9.17) is 9.47 Å². The Bertz CT molecular complexity index is 838. The number of hydrogen-bond donors (Lipinski definition) is 0. The minimum Gasteiger partial charge on any atom is -0.481 e.